The first kappa shape index (κ1) is 21.6. The number of aromatic nitrogens is 3. The fourth-order valence-electron chi connectivity index (χ4n) is 3.19. The summed E-state index contributed by atoms with van der Waals surface area (Å²) in [6, 6.07) is 14.3. The minimum Gasteiger partial charge on any atom is -0.491 e. The number of carbonyl (C=O) groups excluding carboxylic acids is 1. The number of fused-ring (bicyclic) bond motifs is 1. The van der Waals surface area contributed by atoms with Gasteiger partial charge in [0.25, 0.3) is 5.91 Å². The lowest BCUT2D eigenvalue weighted by molar-refractivity contribution is 0.0827. The summed E-state index contributed by atoms with van der Waals surface area (Å²) in [4.78, 5) is 25.8. The van der Waals surface area contributed by atoms with Gasteiger partial charge in [0.2, 0.25) is 0 Å². The highest BCUT2D eigenvalue weighted by Crippen LogP contribution is 2.35. The first-order valence-corrected chi connectivity index (χ1v) is 10.5. The Morgan fingerprint density at radius 1 is 1.09 bits per heavy atom. The summed E-state index contributed by atoms with van der Waals surface area (Å²) in [7, 11) is 3.38. The number of ether oxygens (including phenoxy) is 2. The standard InChI is InChI=1S/C24H23ClN4O3/c1-14(2)31-17-10-16(22-27-20-6-5-9-26-23(20)28-22)11-18(13-17)32-21-8-7-15(12-19(21)25)24(30)29(3)4/h5-14H,1-4H3,(H,26,27,28). The molecule has 2 aromatic carbocycles. The van der Waals surface area contributed by atoms with Crippen LogP contribution in [0.4, 0.5) is 0 Å². The van der Waals surface area contributed by atoms with E-state index in [-0.39, 0.29) is 12.0 Å². The Hall–Kier alpha value is -3.58. The van der Waals surface area contributed by atoms with Crippen LogP contribution in [0.5, 0.6) is 17.2 Å². The van der Waals surface area contributed by atoms with Gasteiger partial charge in [-0.25, -0.2) is 9.97 Å². The van der Waals surface area contributed by atoms with Crippen molar-refractivity contribution in [2.24, 2.45) is 0 Å². The van der Waals surface area contributed by atoms with Crippen molar-refractivity contribution in [3.8, 4) is 28.6 Å². The molecule has 2 heterocycles. The van der Waals surface area contributed by atoms with Crippen molar-refractivity contribution in [1.29, 1.82) is 0 Å². The van der Waals surface area contributed by atoms with Gasteiger partial charge in [-0.05, 0) is 56.3 Å². The number of hydrogen-bond donors (Lipinski definition) is 1. The molecule has 32 heavy (non-hydrogen) atoms. The quantitative estimate of drug-likeness (QED) is 0.416. The zero-order valence-electron chi connectivity index (χ0n) is 18.2. The Bertz CT molecular complexity index is 1250. The van der Waals surface area contributed by atoms with Crippen molar-refractivity contribution in [3.05, 3.63) is 65.3 Å². The average Bonchev–Trinajstić information content (AvgIpc) is 3.18. The smallest absolute Gasteiger partial charge is 0.253 e. The molecule has 0 spiro atoms. The molecule has 8 heteroatoms. The van der Waals surface area contributed by atoms with E-state index in [2.05, 4.69) is 15.0 Å². The number of pyridine rings is 1. The van der Waals surface area contributed by atoms with E-state index >= 15 is 0 Å². The summed E-state index contributed by atoms with van der Waals surface area (Å²) in [5.74, 6) is 2.11. The van der Waals surface area contributed by atoms with Crippen LogP contribution in [0.2, 0.25) is 5.02 Å². The maximum Gasteiger partial charge on any atom is 0.253 e. The summed E-state index contributed by atoms with van der Waals surface area (Å²) in [6.45, 7) is 3.91. The number of H-pyrrole nitrogens is 1. The van der Waals surface area contributed by atoms with Gasteiger partial charge in [-0.1, -0.05) is 11.6 Å². The van der Waals surface area contributed by atoms with E-state index in [0.29, 0.717) is 39.3 Å². The normalized spacial score (nSPS) is 11.1. The molecule has 0 aliphatic carbocycles. The van der Waals surface area contributed by atoms with E-state index in [1.54, 1.807) is 44.6 Å². The van der Waals surface area contributed by atoms with Crippen molar-refractivity contribution in [1.82, 2.24) is 19.9 Å². The van der Waals surface area contributed by atoms with Gasteiger partial charge in [0.15, 0.2) is 5.65 Å². The van der Waals surface area contributed by atoms with Gasteiger partial charge in [-0.2, -0.15) is 0 Å². The molecule has 2 aromatic heterocycles. The second-order valence-corrected chi connectivity index (χ2v) is 8.17. The number of aromatic amines is 1. The first-order valence-electron chi connectivity index (χ1n) is 10.1. The number of halogens is 1. The third-order valence-corrected chi connectivity index (χ3v) is 4.89. The lowest BCUT2D eigenvalue weighted by atomic mass is 10.1. The second-order valence-electron chi connectivity index (χ2n) is 7.77. The summed E-state index contributed by atoms with van der Waals surface area (Å²) in [5, 5.41) is 0.336. The predicted octanol–water partition coefficient (Wildman–Crippen LogP) is 5.56. The topological polar surface area (TPSA) is 80.3 Å². The highest BCUT2D eigenvalue weighted by Gasteiger charge is 2.14. The Labute approximate surface area is 191 Å². The maximum absolute atomic E-state index is 12.2. The van der Waals surface area contributed by atoms with Gasteiger partial charge in [0, 0.05) is 37.5 Å². The van der Waals surface area contributed by atoms with Gasteiger partial charge in [0.05, 0.1) is 16.6 Å². The van der Waals surface area contributed by atoms with Gasteiger partial charge in [-0.3, -0.25) is 4.79 Å². The Balaban J connectivity index is 1.70. The van der Waals surface area contributed by atoms with Crippen molar-refractivity contribution < 1.29 is 14.3 Å². The number of imidazole rings is 1. The molecule has 1 N–H and O–H groups in total. The van der Waals surface area contributed by atoms with Crippen molar-refractivity contribution in [2.45, 2.75) is 20.0 Å². The van der Waals surface area contributed by atoms with Gasteiger partial charge >= 0.3 is 0 Å². The van der Waals surface area contributed by atoms with Crippen molar-refractivity contribution in [2.75, 3.05) is 14.1 Å². The van der Waals surface area contributed by atoms with Crippen LogP contribution in [0.15, 0.2) is 54.7 Å². The third kappa shape index (κ3) is 4.68. The Morgan fingerprint density at radius 3 is 2.56 bits per heavy atom. The zero-order valence-corrected chi connectivity index (χ0v) is 19.0. The van der Waals surface area contributed by atoms with Crippen LogP contribution < -0.4 is 9.47 Å². The molecule has 0 atom stereocenters. The van der Waals surface area contributed by atoms with E-state index in [1.807, 2.05) is 38.1 Å². The summed E-state index contributed by atoms with van der Waals surface area (Å²) in [6.07, 6.45) is 1.68. The number of nitrogens with one attached hydrogen (secondary N) is 1. The molecule has 0 bridgehead atoms. The zero-order chi connectivity index (χ0) is 22.8. The Kier molecular flexibility index (Phi) is 6.01. The summed E-state index contributed by atoms with van der Waals surface area (Å²) < 4.78 is 12.0. The lowest BCUT2D eigenvalue weighted by Crippen LogP contribution is -2.21. The highest BCUT2D eigenvalue weighted by molar-refractivity contribution is 6.32. The molecule has 7 nitrogen and oxygen atoms in total. The molecule has 4 aromatic rings. The molecule has 0 saturated carbocycles. The fraction of sp³-hybridized carbons (Fsp3) is 0.208. The molecule has 0 aliphatic heterocycles. The first-order chi connectivity index (χ1) is 15.3. The SMILES string of the molecule is CC(C)Oc1cc(Oc2ccc(C(=O)N(C)C)cc2Cl)cc(-c2nc3ncccc3[nH]2)c1. The number of benzene rings is 2. The summed E-state index contributed by atoms with van der Waals surface area (Å²) >= 11 is 6.41. The summed E-state index contributed by atoms with van der Waals surface area (Å²) in [5.41, 5.74) is 2.74. The monoisotopic (exact) mass is 450 g/mol. The van der Waals surface area contributed by atoms with Crippen LogP contribution in [0.1, 0.15) is 24.2 Å². The minimum absolute atomic E-state index is 0.0182. The number of hydrogen-bond acceptors (Lipinski definition) is 5. The van der Waals surface area contributed by atoms with E-state index in [1.165, 1.54) is 4.90 Å². The molecule has 0 saturated heterocycles. The maximum atomic E-state index is 12.2. The van der Waals surface area contributed by atoms with Crippen molar-refractivity contribution in [3.63, 3.8) is 0 Å². The van der Waals surface area contributed by atoms with E-state index in [4.69, 9.17) is 21.1 Å². The number of nitrogens with zero attached hydrogens (tertiary/aromatic N) is 3. The van der Waals surface area contributed by atoms with Crippen LogP contribution in [-0.4, -0.2) is 46.0 Å². The highest BCUT2D eigenvalue weighted by atomic mass is 35.5. The average molecular weight is 451 g/mol. The number of rotatable bonds is 6. The van der Waals surface area contributed by atoms with Crippen LogP contribution in [-0.2, 0) is 0 Å². The molecule has 0 aliphatic rings. The minimum atomic E-state index is -0.133. The van der Waals surface area contributed by atoms with Gasteiger partial charge < -0.3 is 19.4 Å². The predicted molar refractivity (Wildman–Crippen MR) is 125 cm³/mol. The molecular weight excluding hydrogens is 428 g/mol. The molecule has 1 amide bonds. The largest absolute Gasteiger partial charge is 0.491 e. The van der Waals surface area contributed by atoms with Crippen LogP contribution in [0, 0.1) is 0 Å². The van der Waals surface area contributed by atoms with E-state index in [9.17, 15) is 4.79 Å². The molecule has 0 fully saturated rings. The fourth-order valence-corrected chi connectivity index (χ4v) is 3.41. The van der Waals surface area contributed by atoms with Crippen LogP contribution in [0.25, 0.3) is 22.6 Å². The van der Waals surface area contributed by atoms with E-state index < -0.39 is 0 Å². The molecule has 0 unspecified atom stereocenters. The molecule has 4 rings (SSSR count). The number of carbonyl (C=O) groups is 1. The van der Waals surface area contributed by atoms with E-state index in [0.717, 1.165) is 11.1 Å². The van der Waals surface area contributed by atoms with Gasteiger partial charge in [-0.15, -0.1) is 0 Å². The third-order valence-electron chi connectivity index (χ3n) is 4.60. The molecule has 164 valence electrons. The van der Waals surface area contributed by atoms with Gasteiger partial charge in [0.1, 0.15) is 23.1 Å². The lowest BCUT2D eigenvalue weighted by Gasteiger charge is -2.15. The molecular formula is C24H23ClN4O3. The van der Waals surface area contributed by atoms with Crippen LogP contribution in [0.3, 0.4) is 0 Å². The van der Waals surface area contributed by atoms with Crippen molar-refractivity contribution >= 4 is 28.7 Å². The molecule has 0 radical (unpaired) electrons. The van der Waals surface area contributed by atoms with Crippen LogP contribution >= 0.6 is 11.6 Å². The number of amides is 1. The Morgan fingerprint density at radius 2 is 1.88 bits per heavy atom. The second kappa shape index (κ2) is 8.88.